The number of fused-ring (bicyclic) bond motifs is 1. The minimum atomic E-state index is -0.232. The Kier molecular flexibility index (Phi) is 4.54. The van der Waals surface area contributed by atoms with Crippen LogP contribution in [-0.2, 0) is 13.1 Å². The van der Waals surface area contributed by atoms with Gasteiger partial charge in [0.1, 0.15) is 12.4 Å². The van der Waals surface area contributed by atoms with Crippen molar-refractivity contribution >= 4 is 0 Å². The van der Waals surface area contributed by atoms with Crippen molar-refractivity contribution in [3.05, 3.63) is 77.9 Å². The van der Waals surface area contributed by atoms with Crippen LogP contribution in [0, 0.1) is 5.82 Å². The molecule has 26 heavy (non-hydrogen) atoms. The van der Waals surface area contributed by atoms with Gasteiger partial charge in [0, 0.05) is 43.2 Å². The number of hydrogen-bond donors (Lipinski definition) is 1. The maximum Gasteiger partial charge on any atom is 0.165 e. The lowest BCUT2D eigenvalue weighted by molar-refractivity contribution is 0.217. The van der Waals surface area contributed by atoms with Crippen molar-refractivity contribution < 1.29 is 14.2 Å². The third kappa shape index (κ3) is 3.53. The highest BCUT2D eigenvalue weighted by molar-refractivity contribution is 5.68. The Morgan fingerprint density at radius 3 is 2.73 bits per heavy atom. The molecular weight excluding hydrogens is 331 g/mol. The van der Waals surface area contributed by atoms with E-state index >= 15 is 0 Å². The van der Waals surface area contributed by atoms with Gasteiger partial charge in [-0.25, -0.2) is 4.39 Å². The summed E-state index contributed by atoms with van der Waals surface area (Å²) in [5, 5.41) is 10.4. The van der Waals surface area contributed by atoms with Crippen LogP contribution in [0.4, 0.5) is 4.39 Å². The highest BCUT2D eigenvalue weighted by Gasteiger charge is 2.20. The van der Waals surface area contributed by atoms with Crippen molar-refractivity contribution in [2.75, 3.05) is 13.2 Å². The molecule has 0 amide bonds. The normalized spacial score (nSPS) is 14.3. The number of hydrogen-bond acceptors (Lipinski definition) is 4. The van der Waals surface area contributed by atoms with Crippen LogP contribution in [0.15, 0.2) is 60.9 Å². The summed E-state index contributed by atoms with van der Waals surface area (Å²) in [5.74, 6) is 0.452. The molecule has 5 heteroatoms. The average molecular weight is 350 g/mol. The average Bonchev–Trinajstić information content (AvgIpc) is 2.86. The van der Waals surface area contributed by atoms with Gasteiger partial charge in [-0.2, -0.15) is 0 Å². The monoisotopic (exact) mass is 350 g/mol. The molecule has 1 N–H and O–H groups in total. The molecule has 132 valence electrons. The summed E-state index contributed by atoms with van der Waals surface area (Å²) in [4.78, 5) is 6.37. The van der Waals surface area contributed by atoms with E-state index in [2.05, 4.69) is 9.88 Å². The van der Waals surface area contributed by atoms with E-state index in [-0.39, 0.29) is 11.6 Å². The lowest BCUT2D eigenvalue weighted by Crippen LogP contribution is -2.25. The van der Waals surface area contributed by atoms with Crippen LogP contribution in [0.25, 0.3) is 11.1 Å². The van der Waals surface area contributed by atoms with Gasteiger partial charge >= 0.3 is 0 Å². The summed E-state index contributed by atoms with van der Waals surface area (Å²) >= 11 is 0. The molecule has 1 aliphatic rings. The molecule has 0 spiro atoms. The topological polar surface area (TPSA) is 45.6 Å². The van der Waals surface area contributed by atoms with E-state index in [1.165, 1.54) is 12.1 Å². The number of halogens is 1. The van der Waals surface area contributed by atoms with Gasteiger partial charge in [0.05, 0.1) is 0 Å². The van der Waals surface area contributed by atoms with Gasteiger partial charge < -0.3 is 9.84 Å². The molecule has 1 aliphatic heterocycles. The summed E-state index contributed by atoms with van der Waals surface area (Å²) in [6.45, 7) is 2.57. The third-order valence-electron chi connectivity index (χ3n) is 4.51. The van der Waals surface area contributed by atoms with E-state index < -0.39 is 0 Å². The molecule has 0 unspecified atom stereocenters. The minimum absolute atomic E-state index is 0.144. The Balaban J connectivity index is 1.62. The quantitative estimate of drug-likeness (QED) is 0.776. The van der Waals surface area contributed by atoms with Crippen molar-refractivity contribution in [3.8, 4) is 22.6 Å². The Bertz CT molecular complexity index is 898. The first kappa shape index (κ1) is 16.5. The Labute approximate surface area is 151 Å². The van der Waals surface area contributed by atoms with E-state index in [1.54, 1.807) is 30.6 Å². The number of pyridine rings is 1. The molecule has 2 heterocycles. The van der Waals surface area contributed by atoms with E-state index in [9.17, 15) is 9.50 Å². The summed E-state index contributed by atoms with van der Waals surface area (Å²) in [5.41, 5.74) is 3.83. The van der Waals surface area contributed by atoms with Gasteiger partial charge in [-0.15, -0.1) is 0 Å². The zero-order chi connectivity index (χ0) is 17.9. The number of benzene rings is 2. The molecule has 0 radical (unpaired) electrons. The zero-order valence-electron chi connectivity index (χ0n) is 14.2. The first-order valence-electron chi connectivity index (χ1n) is 8.55. The Morgan fingerprint density at radius 2 is 1.96 bits per heavy atom. The van der Waals surface area contributed by atoms with Crippen molar-refractivity contribution in [2.24, 2.45) is 0 Å². The van der Waals surface area contributed by atoms with Crippen LogP contribution in [-0.4, -0.2) is 28.1 Å². The first-order valence-corrected chi connectivity index (χ1v) is 8.55. The van der Waals surface area contributed by atoms with Crippen LogP contribution < -0.4 is 4.74 Å². The lowest BCUT2D eigenvalue weighted by atomic mass is 10.0. The fourth-order valence-corrected chi connectivity index (χ4v) is 3.24. The largest absolute Gasteiger partial charge is 0.504 e. The number of aromatic hydroxyl groups is 1. The standard InChI is InChI=1S/C21H19FN2O2/c22-19-5-3-15(4-6-19)13-24-8-9-26-21-18(14-24)10-17(11-20(21)25)16-2-1-7-23-12-16/h1-7,10-12,25H,8-9,13-14H2. The predicted molar refractivity (Wildman–Crippen MR) is 97.3 cm³/mol. The van der Waals surface area contributed by atoms with Crippen LogP contribution in [0.1, 0.15) is 11.1 Å². The molecule has 0 saturated carbocycles. The lowest BCUT2D eigenvalue weighted by Gasteiger charge is -2.19. The summed E-state index contributed by atoms with van der Waals surface area (Å²) in [6.07, 6.45) is 3.50. The number of ether oxygens (including phenoxy) is 1. The smallest absolute Gasteiger partial charge is 0.165 e. The summed E-state index contributed by atoms with van der Waals surface area (Å²) < 4.78 is 18.9. The van der Waals surface area contributed by atoms with Crippen molar-refractivity contribution in [3.63, 3.8) is 0 Å². The molecule has 0 aliphatic carbocycles. The minimum Gasteiger partial charge on any atom is -0.504 e. The molecule has 3 aromatic rings. The van der Waals surface area contributed by atoms with E-state index in [0.29, 0.717) is 25.4 Å². The molecule has 0 bridgehead atoms. The molecule has 0 atom stereocenters. The number of aromatic nitrogens is 1. The van der Waals surface area contributed by atoms with Crippen molar-refractivity contribution in [1.29, 1.82) is 0 Å². The van der Waals surface area contributed by atoms with Gasteiger partial charge in [-0.05, 0) is 41.5 Å². The first-order chi connectivity index (χ1) is 12.7. The Hall–Kier alpha value is -2.92. The van der Waals surface area contributed by atoms with E-state index in [4.69, 9.17) is 4.74 Å². The van der Waals surface area contributed by atoms with E-state index in [0.717, 1.165) is 28.8 Å². The van der Waals surface area contributed by atoms with Gasteiger partial charge in [0.15, 0.2) is 11.5 Å². The summed E-state index contributed by atoms with van der Waals surface area (Å²) in [6, 6.07) is 14.1. The van der Waals surface area contributed by atoms with Crippen molar-refractivity contribution in [2.45, 2.75) is 13.1 Å². The fraction of sp³-hybridized carbons (Fsp3) is 0.190. The highest BCUT2D eigenvalue weighted by atomic mass is 19.1. The zero-order valence-corrected chi connectivity index (χ0v) is 14.2. The predicted octanol–water partition coefficient (Wildman–Crippen LogP) is 3.99. The van der Waals surface area contributed by atoms with Gasteiger partial charge in [-0.1, -0.05) is 18.2 Å². The van der Waals surface area contributed by atoms with E-state index in [1.807, 2.05) is 18.2 Å². The maximum absolute atomic E-state index is 13.1. The van der Waals surface area contributed by atoms with Gasteiger partial charge in [-0.3, -0.25) is 9.88 Å². The van der Waals surface area contributed by atoms with Gasteiger partial charge in [0.2, 0.25) is 0 Å². The second kappa shape index (κ2) is 7.14. The van der Waals surface area contributed by atoms with Crippen LogP contribution in [0.5, 0.6) is 11.5 Å². The molecule has 0 saturated heterocycles. The molecule has 4 nitrogen and oxygen atoms in total. The molecular formula is C21H19FN2O2. The highest BCUT2D eigenvalue weighted by Crippen LogP contribution is 2.37. The number of nitrogens with zero attached hydrogens (tertiary/aromatic N) is 2. The second-order valence-electron chi connectivity index (χ2n) is 6.41. The fourth-order valence-electron chi connectivity index (χ4n) is 3.24. The van der Waals surface area contributed by atoms with Crippen LogP contribution in [0.3, 0.4) is 0 Å². The molecule has 2 aromatic carbocycles. The van der Waals surface area contributed by atoms with Crippen LogP contribution in [0.2, 0.25) is 0 Å². The SMILES string of the molecule is Oc1cc(-c2cccnc2)cc2c1OCCN(Cc1ccc(F)cc1)C2. The van der Waals surface area contributed by atoms with Crippen LogP contribution >= 0.6 is 0 Å². The van der Waals surface area contributed by atoms with Crippen molar-refractivity contribution in [1.82, 2.24) is 9.88 Å². The maximum atomic E-state index is 13.1. The second-order valence-corrected chi connectivity index (χ2v) is 6.41. The third-order valence-corrected chi connectivity index (χ3v) is 4.51. The molecule has 4 rings (SSSR count). The molecule has 0 fully saturated rings. The Morgan fingerprint density at radius 1 is 1.12 bits per heavy atom. The molecule has 1 aromatic heterocycles. The summed E-state index contributed by atoms with van der Waals surface area (Å²) in [7, 11) is 0. The number of phenolic OH excluding ortho intramolecular Hbond substituents is 1. The number of phenols is 1. The van der Waals surface area contributed by atoms with Gasteiger partial charge in [0.25, 0.3) is 0 Å². The number of rotatable bonds is 3.